The first kappa shape index (κ1) is 18.2. The van der Waals surface area contributed by atoms with Crippen LogP contribution in [0.2, 0.25) is 0 Å². The van der Waals surface area contributed by atoms with Crippen LogP contribution in [0.1, 0.15) is 43.5 Å². The molecule has 7 heteroatoms. The van der Waals surface area contributed by atoms with Crippen molar-refractivity contribution in [1.82, 2.24) is 20.9 Å². The Morgan fingerprint density at radius 2 is 2.16 bits per heavy atom. The third kappa shape index (κ3) is 5.71. The highest BCUT2D eigenvalue weighted by Gasteiger charge is 2.25. The second-order valence-electron chi connectivity index (χ2n) is 6.69. The summed E-state index contributed by atoms with van der Waals surface area (Å²) in [6.45, 7) is 6.11. The van der Waals surface area contributed by atoms with Crippen LogP contribution in [0.5, 0.6) is 0 Å². The molecule has 2 aliphatic rings. The van der Waals surface area contributed by atoms with Crippen LogP contribution >= 0.6 is 11.3 Å². The van der Waals surface area contributed by atoms with Gasteiger partial charge in [-0.1, -0.05) is 6.07 Å². The number of carbonyl (C=O) groups is 1. The van der Waals surface area contributed by atoms with Crippen molar-refractivity contribution in [2.24, 2.45) is 4.99 Å². The third-order valence-electron chi connectivity index (χ3n) is 4.58. The number of nitrogens with zero attached hydrogens (tertiary/aromatic N) is 2. The van der Waals surface area contributed by atoms with E-state index in [1.54, 1.807) is 0 Å². The molecule has 0 aromatic carbocycles. The Kier molecular flexibility index (Phi) is 6.69. The van der Waals surface area contributed by atoms with Crippen LogP contribution in [0.3, 0.4) is 0 Å². The SMILES string of the molecule is CCNC(=NCC(=O)NC1CC1)NCC(c1cccs1)N1CCCC1. The van der Waals surface area contributed by atoms with Gasteiger partial charge in [0.05, 0.1) is 6.04 Å². The van der Waals surface area contributed by atoms with Gasteiger partial charge >= 0.3 is 0 Å². The predicted molar refractivity (Wildman–Crippen MR) is 103 cm³/mol. The third-order valence-corrected chi connectivity index (χ3v) is 5.56. The number of amides is 1. The minimum Gasteiger partial charge on any atom is -0.357 e. The van der Waals surface area contributed by atoms with E-state index in [2.05, 4.69) is 43.4 Å². The minimum absolute atomic E-state index is 0.00838. The second kappa shape index (κ2) is 9.20. The molecule has 1 unspecified atom stereocenters. The van der Waals surface area contributed by atoms with E-state index < -0.39 is 0 Å². The highest BCUT2D eigenvalue weighted by atomic mass is 32.1. The van der Waals surface area contributed by atoms with Crippen LogP contribution in [-0.4, -0.2) is 55.5 Å². The summed E-state index contributed by atoms with van der Waals surface area (Å²) in [7, 11) is 0. The molecule has 1 atom stereocenters. The number of hydrogen-bond donors (Lipinski definition) is 3. The predicted octanol–water partition coefficient (Wildman–Crippen LogP) is 1.72. The van der Waals surface area contributed by atoms with E-state index in [4.69, 9.17) is 0 Å². The molecule has 2 fully saturated rings. The molecular formula is C18H29N5OS. The van der Waals surface area contributed by atoms with Crippen LogP contribution in [0, 0.1) is 0 Å². The standard InChI is InChI=1S/C18H29N5OS/c1-2-19-18(21-13-17(24)22-14-7-8-14)20-12-15(16-6-5-11-25-16)23-9-3-4-10-23/h5-6,11,14-15H,2-4,7-10,12-13H2,1H3,(H,22,24)(H2,19,20,21). The summed E-state index contributed by atoms with van der Waals surface area (Å²) in [6.07, 6.45) is 4.76. The summed E-state index contributed by atoms with van der Waals surface area (Å²) in [5.74, 6) is 0.725. The zero-order valence-corrected chi connectivity index (χ0v) is 15.8. The number of likely N-dealkylation sites (tertiary alicyclic amines) is 1. The van der Waals surface area contributed by atoms with Crippen LogP contribution in [-0.2, 0) is 4.79 Å². The maximum Gasteiger partial charge on any atom is 0.242 e. The van der Waals surface area contributed by atoms with Gasteiger partial charge in [-0.3, -0.25) is 9.69 Å². The van der Waals surface area contributed by atoms with Crippen LogP contribution in [0.25, 0.3) is 0 Å². The number of guanidine groups is 1. The Labute approximate surface area is 154 Å². The molecule has 0 radical (unpaired) electrons. The Balaban J connectivity index is 1.56. The molecule has 6 nitrogen and oxygen atoms in total. The lowest BCUT2D eigenvalue weighted by molar-refractivity contribution is -0.119. The van der Waals surface area contributed by atoms with Gasteiger partial charge in [0.2, 0.25) is 5.91 Å². The number of rotatable bonds is 8. The largest absolute Gasteiger partial charge is 0.357 e. The van der Waals surface area contributed by atoms with Gasteiger partial charge in [-0.25, -0.2) is 4.99 Å². The summed E-state index contributed by atoms with van der Waals surface area (Å²) in [4.78, 5) is 20.2. The van der Waals surface area contributed by atoms with Crippen molar-refractivity contribution in [2.75, 3.05) is 32.7 Å². The molecule has 1 aliphatic heterocycles. The molecule has 0 spiro atoms. The summed E-state index contributed by atoms with van der Waals surface area (Å²) >= 11 is 1.81. The Morgan fingerprint density at radius 1 is 1.36 bits per heavy atom. The molecule has 1 aromatic heterocycles. The topological polar surface area (TPSA) is 68.8 Å². The normalized spacial score (nSPS) is 19.6. The molecule has 25 heavy (non-hydrogen) atoms. The first-order valence-electron chi connectivity index (χ1n) is 9.35. The molecule has 1 amide bonds. The Morgan fingerprint density at radius 3 is 2.80 bits per heavy atom. The number of aliphatic imine (C=N–C) groups is 1. The summed E-state index contributed by atoms with van der Waals surface area (Å²) < 4.78 is 0. The molecule has 3 rings (SSSR count). The molecule has 1 saturated heterocycles. The fraction of sp³-hybridized carbons (Fsp3) is 0.667. The van der Waals surface area contributed by atoms with Crippen LogP contribution in [0.15, 0.2) is 22.5 Å². The van der Waals surface area contributed by atoms with Crippen molar-refractivity contribution in [1.29, 1.82) is 0 Å². The van der Waals surface area contributed by atoms with E-state index in [1.165, 1.54) is 17.7 Å². The lowest BCUT2D eigenvalue weighted by atomic mass is 10.2. The van der Waals surface area contributed by atoms with Gasteiger partial charge in [0, 0.05) is 24.0 Å². The Bertz CT molecular complexity index is 564. The Hall–Kier alpha value is -1.60. The smallest absolute Gasteiger partial charge is 0.242 e. The fourth-order valence-corrected chi connectivity index (χ4v) is 3.99. The number of hydrogen-bond acceptors (Lipinski definition) is 4. The molecule has 1 saturated carbocycles. The quantitative estimate of drug-likeness (QED) is 0.486. The molecule has 0 bridgehead atoms. The molecule has 2 heterocycles. The fourth-order valence-electron chi connectivity index (χ4n) is 3.13. The van der Waals surface area contributed by atoms with E-state index in [0.29, 0.717) is 18.0 Å². The summed E-state index contributed by atoms with van der Waals surface area (Å²) in [5.41, 5.74) is 0. The van der Waals surface area contributed by atoms with Crippen LogP contribution in [0.4, 0.5) is 0 Å². The van der Waals surface area contributed by atoms with Gasteiger partial charge in [0.25, 0.3) is 0 Å². The highest BCUT2D eigenvalue weighted by Crippen LogP contribution is 2.27. The van der Waals surface area contributed by atoms with E-state index in [-0.39, 0.29) is 12.5 Å². The van der Waals surface area contributed by atoms with Crippen molar-refractivity contribution in [2.45, 2.75) is 44.7 Å². The summed E-state index contributed by atoms with van der Waals surface area (Å²) in [6, 6.07) is 5.08. The number of nitrogens with one attached hydrogen (secondary N) is 3. The second-order valence-corrected chi connectivity index (χ2v) is 7.67. The maximum atomic E-state index is 11.9. The van der Waals surface area contributed by atoms with Crippen molar-refractivity contribution >= 4 is 23.2 Å². The minimum atomic E-state index is 0.00838. The average molecular weight is 364 g/mol. The van der Waals surface area contributed by atoms with Crippen molar-refractivity contribution in [3.8, 4) is 0 Å². The molecule has 1 aliphatic carbocycles. The average Bonchev–Trinajstić information content (AvgIpc) is 3.08. The first-order valence-corrected chi connectivity index (χ1v) is 10.2. The number of thiophene rings is 1. The zero-order valence-electron chi connectivity index (χ0n) is 15.0. The molecule has 1 aromatic rings. The molecule has 3 N–H and O–H groups in total. The molecular weight excluding hydrogens is 334 g/mol. The van der Waals surface area contributed by atoms with Gasteiger partial charge in [-0.2, -0.15) is 0 Å². The van der Waals surface area contributed by atoms with Crippen molar-refractivity contribution in [3.63, 3.8) is 0 Å². The van der Waals surface area contributed by atoms with Gasteiger partial charge in [0.1, 0.15) is 6.54 Å². The van der Waals surface area contributed by atoms with Gasteiger partial charge in [0.15, 0.2) is 5.96 Å². The van der Waals surface area contributed by atoms with Gasteiger partial charge < -0.3 is 16.0 Å². The molecule has 138 valence electrons. The monoisotopic (exact) mass is 363 g/mol. The lowest BCUT2D eigenvalue weighted by Gasteiger charge is -2.27. The van der Waals surface area contributed by atoms with Crippen LogP contribution < -0.4 is 16.0 Å². The van der Waals surface area contributed by atoms with E-state index >= 15 is 0 Å². The number of carbonyl (C=O) groups excluding carboxylic acids is 1. The zero-order chi connectivity index (χ0) is 17.5. The van der Waals surface area contributed by atoms with Crippen molar-refractivity contribution in [3.05, 3.63) is 22.4 Å². The first-order chi connectivity index (χ1) is 12.3. The van der Waals surface area contributed by atoms with E-state index in [0.717, 1.165) is 39.0 Å². The van der Waals surface area contributed by atoms with Gasteiger partial charge in [-0.05, 0) is 57.1 Å². The van der Waals surface area contributed by atoms with Gasteiger partial charge in [-0.15, -0.1) is 11.3 Å². The highest BCUT2D eigenvalue weighted by molar-refractivity contribution is 7.10. The lowest BCUT2D eigenvalue weighted by Crippen LogP contribution is -2.43. The van der Waals surface area contributed by atoms with Crippen molar-refractivity contribution < 1.29 is 4.79 Å². The van der Waals surface area contributed by atoms with E-state index in [9.17, 15) is 4.79 Å². The summed E-state index contributed by atoms with van der Waals surface area (Å²) in [5, 5.41) is 11.8. The van der Waals surface area contributed by atoms with E-state index in [1.807, 2.05) is 18.3 Å². The maximum absolute atomic E-state index is 11.9.